The number of anilines is 2. The van der Waals surface area contributed by atoms with Crippen molar-refractivity contribution in [1.29, 1.82) is 0 Å². The van der Waals surface area contributed by atoms with Gasteiger partial charge in [0.2, 0.25) is 5.95 Å². The van der Waals surface area contributed by atoms with E-state index in [1.54, 1.807) is 6.20 Å². The van der Waals surface area contributed by atoms with Gasteiger partial charge in [-0.3, -0.25) is 4.90 Å². The normalized spacial score (nSPS) is 17.3. The third-order valence-corrected chi connectivity index (χ3v) is 3.84. The highest BCUT2D eigenvalue weighted by molar-refractivity contribution is 9.10. The quantitative estimate of drug-likeness (QED) is 0.851. The van der Waals surface area contributed by atoms with E-state index in [-0.39, 0.29) is 6.61 Å². The minimum atomic E-state index is 0.221. The van der Waals surface area contributed by atoms with Crippen LogP contribution in [0.3, 0.4) is 0 Å². The molecule has 0 aromatic carbocycles. The summed E-state index contributed by atoms with van der Waals surface area (Å²) in [6.45, 7) is 4.77. The number of aliphatic hydroxyl groups excluding tert-OH is 1. The van der Waals surface area contributed by atoms with E-state index in [0.717, 1.165) is 55.4 Å². The first-order valence-electron chi connectivity index (χ1n) is 6.53. The van der Waals surface area contributed by atoms with E-state index in [0.29, 0.717) is 0 Å². The number of nitrogens with one attached hydrogen (secondary N) is 1. The Balaban J connectivity index is 2.05. The van der Waals surface area contributed by atoms with Gasteiger partial charge in [-0.15, -0.1) is 0 Å². The molecule has 7 heteroatoms. The molecular weight excluding hydrogens is 310 g/mol. The zero-order chi connectivity index (χ0) is 13.7. The number of hydrogen-bond donors (Lipinski definition) is 2. The summed E-state index contributed by atoms with van der Waals surface area (Å²) in [7, 11) is 1.85. The first-order valence-corrected chi connectivity index (χ1v) is 7.32. The summed E-state index contributed by atoms with van der Waals surface area (Å²) in [6.07, 6.45) is 2.85. The molecule has 0 amide bonds. The van der Waals surface area contributed by atoms with Gasteiger partial charge in [-0.25, -0.2) is 4.98 Å². The van der Waals surface area contributed by atoms with E-state index in [2.05, 4.69) is 41.0 Å². The van der Waals surface area contributed by atoms with Crippen LogP contribution in [0, 0.1) is 0 Å². The van der Waals surface area contributed by atoms with Gasteiger partial charge in [-0.2, -0.15) is 4.98 Å². The van der Waals surface area contributed by atoms with Gasteiger partial charge < -0.3 is 15.3 Å². The van der Waals surface area contributed by atoms with Crippen LogP contribution in [0.4, 0.5) is 11.8 Å². The van der Waals surface area contributed by atoms with Crippen molar-refractivity contribution >= 4 is 27.7 Å². The molecule has 2 rings (SSSR count). The second-order valence-corrected chi connectivity index (χ2v) is 5.38. The van der Waals surface area contributed by atoms with Crippen molar-refractivity contribution < 1.29 is 5.11 Å². The highest BCUT2D eigenvalue weighted by Gasteiger charge is 2.17. The second-order valence-electron chi connectivity index (χ2n) is 4.52. The van der Waals surface area contributed by atoms with Gasteiger partial charge in [0, 0.05) is 39.4 Å². The maximum Gasteiger partial charge on any atom is 0.227 e. The lowest BCUT2D eigenvalue weighted by atomic mass is 10.4. The van der Waals surface area contributed by atoms with E-state index in [9.17, 15) is 0 Å². The molecular formula is C12H20BrN5O. The van der Waals surface area contributed by atoms with Crippen LogP contribution in [-0.2, 0) is 0 Å². The Morgan fingerprint density at radius 1 is 1.37 bits per heavy atom. The van der Waals surface area contributed by atoms with Gasteiger partial charge in [-0.1, -0.05) is 0 Å². The first kappa shape index (κ1) is 14.5. The molecule has 0 saturated carbocycles. The highest BCUT2D eigenvalue weighted by atomic mass is 79.9. The van der Waals surface area contributed by atoms with Crippen LogP contribution in [0.2, 0.25) is 0 Å². The van der Waals surface area contributed by atoms with Crippen molar-refractivity contribution in [3.05, 3.63) is 10.7 Å². The molecule has 1 fully saturated rings. The summed E-state index contributed by atoms with van der Waals surface area (Å²) in [5.41, 5.74) is 0. The van der Waals surface area contributed by atoms with Crippen LogP contribution < -0.4 is 10.2 Å². The minimum Gasteiger partial charge on any atom is -0.395 e. The molecule has 19 heavy (non-hydrogen) atoms. The zero-order valence-corrected chi connectivity index (χ0v) is 12.7. The number of aromatic nitrogens is 2. The number of aliphatic hydroxyl groups is 1. The molecule has 106 valence electrons. The molecule has 1 aliphatic rings. The fourth-order valence-corrected chi connectivity index (χ4v) is 2.61. The van der Waals surface area contributed by atoms with Crippen molar-refractivity contribution in [2.24, 2.45) is 0 Å². The number of halogens is 1. The van der Waals surface area contributed by atoms with Crippen molar-refractivity contribution in [1.82, 2.24) is 14.9 Å². The Hall–Kier alpha value is -0.920. The summed E-state index contributed by atoms with van der Waals surface area (Å²) in [5.74, 6) is 1.57. The van der Waals surface area contributed by atoms with Crippen molar-refractivity contribution in [3.63, 3.8) is 0 Å². The standard InChI is InChI=1S/C12H20BrN5O/c1-14-11-10(13)9-15-12(16-11)18-4-2-3-17(5-6-18)7-8-19/h9,19H,2-8H2,1H3,(H,14,15,16). The number of hydrogen-bond acceptors (Lipinski definition) is 6. The molecule has 0 spiro atoms. The van der Waals surface area contributed by atoms with Gasteiger partial charge >= 0.3 is 0 Å². The lowest BCUT2D eigenvalue weighted by Gasteiger charge is -2.21. The number of β-amino-alcohol motifs (C(OH)–C–C–N with tert-alkyl or cyclic N) is 1. The third-order valence-electron chi connectivity index (χ3n) is 3.26. The van der Waals surface area contributed by atoms with Crippen LogP contribution in [0.15, 0.2) is 10.7 Å². The van der Waals surface area contributed by atoms with Crippen LogP contribution >= 0.6 is 15.9 Å². The predicted molar refractivity (Wildman–Crippen MR) is 79.6 cm³/mol. The molecule has 1 aromatic rings. The second kappa shape index (κ2) is 7.02. The highest BCUT2D eigenvalue weighted by Crippen LogP contribution is 2.21. The maximum atomic E-state index is 9.00. The third kappa shape index (κ3) is 3.77. The van der Waals surface area contributed by atoms with Crippen LogP contribution in [-0.4, -0.2) is 66.4 Å². The molecule has 0 aliphatic carbocycles. The molecule has 0 atom stereocenters. The molecule has 2 N–H and O–H groups in total. The summed E-state index contributed by atoms with van der Waals surface area (Å²) < 4.78 is 0.871. The maximum absolute atomic E-state index is 9.00. The lowest BCUT2D eigenvalue weighted by Crippen LogP contribution is -2.33. The van der Waals surface area contributed by atoms with E-state index >= 15 is 0 Å². The molecule has 2 heterocycles. The van der Waals surface area contributed by atoms with Gasteiger partial charge in [0.25, 0.3) is 0 Å². The SMILES string of the molecule is CNc1nc(N2CCCN(CCO)CC2)ncc1Br. The van der Waals surface area contributed by atoms with Gasteiger partial charge in [0.1, 0.15) is 5.82 Å². The summed E-state index contributed by atoms with van der Waals surface area (Å²) in [5, 5.41) is 12.0. The molecule has 0 unspecified atom stereocenters. The topological polar surface area (TPSA) is 64.5 Å². The fraction of sp³-hybridized carbons (Fsp3) is 0.667. The van der Waals surface area contributed by atoms with Gasteiger partial charge in [-0.05, 0) is 28.9 Å². The Morgan fingerprint density at radius 2 is 2.21 bits per heavy atom. The molecule has 1 aliphatic heterocycles. The van der Waals surface area contributed by atoms with E-state index < -0.39 is 0 Å². The zero-order valence-electron chi connectivity index (χ0n) is 11.1. The van der Waals surface area contributed by atoms with Crippen molar-refractivity contribution in [2.75, 3.05) is 56.6 Å². The Morgan fingerprint density at radius 3 is 2.95 bits per heavy atom. The summed E-state index contributed by atoms with van der Waals surface area (Å²) >= 11 is 3.42. The summed E-state index contributed by atoms with van der Waals surface area (Å²) in [4.78, 5) is 13.4. The number of rotatable bonds is 4. The van der Waals surface area contributed by atoms with Crippen LogP contribution in [0.1, 0.15) is 6.42 Å². The van der Waals surface area contributed by atoms with Gasteiger partial charge in [0.15, 0.2) is 0 Å². The van der Waals surface area contributed by atoms with E-state index in [1.807, 2.05) is 7.05 Å². The smallest absolute Gasteiger partial charge is 0.227 e. The molecule has 6 nitrogen and oxygen atoms in total. The molecule has 1 aromatic heterocycles. The fourth-order valence-electron chi connectivity index (χ4n) is 2.22. The minimum absolute atomic E-state index is 0.221. The average Bonchev–Trinajstić information content (AvgIpc) is 2.66. The molecule has 0 bridgehead atoms. The first-order chi connectivity index (χ1) is 9.24. The monoisotopic (exact) mass is 329 g/mol. The van der Waals surface area contributed by atoms with Crippen LogP contribution in [0.5, 0.6) is 0 Å². The lowest BCUT2D eigenvalue weighted by molar-refractivity contribution is 0.204. The molecule has 0 radical (unpaired) electrons. The Kier molecular flexibility index (Phi) is 5.35. The van der Waals surface area contributed by atoms with Crippen LogP contribution in [0.25, 0.3) is 0 Å². The van der Waals surface area contributed by atoms with Crippen molar-refractivity contribution in [2.45, 2.75) is 6.42 Å². The number of nitrogens with zero attached hydrogens (tertiary/aromatic N) is 4. The van der Waals surface area contributed by atoms with E-state index in [4.69, 9.17) is 5.11 Å². The van der Waals surface area contributed by atoms with E-state index in [1.165, 1.54) is 0 Å². The predicted octanol–water partition coefficient (Wildman–Crippen LogP) is 0.785. The summed E-state index contributed by atoms with van der Waals surface area (Å²) in [6, 6.07) is 0. The van der Waals surface area contributed by atoms with Crippen molar-refractivity contribution in [3.8, 4) is 0 Å². The molecule has 1 saturated heterocycles. The average molecular weight is 330 g/mol. The van der Waals surface area contributed by atoms with Gasteiger partial charge in [0.05, 0.1) is 11.1 Å². The Labute approximate surface area is 122 Å². The largest absolute Gasteiger partial charge is 0.395 e. The Bertz CT molecular complexity index is 417.